The van der Waals surface area contributed by atoms with Crippen molar-refractivity contribution >= 4 is 22.7 Å². The highest BCUT2D eigenvalue weighted by molar-refractivity contribution is 6.04. The molecular weight excluding hydrogens is 350 g/mol. The van der Waals surface area contributed by atoms with Gasteiger partial charge in [0, 0.05) is 30.2 Å². The molecule has 0 unspecified atom stereocenters. The molecule has 0 saturated carbocycles. The van der Waals surface area contributed by atoms with Crippen LogP contribution in [0.25, 0.3) is 10.9 Å². The van der Waals surface area contributed by atoms with Gasteiger partial charge in [-0.15, -0.1) is 0 Å². The normalized spacial score (nSPS) is 11.4. The third kappa shape index (κ3) is 4.25. The Morgan fingerprint density at radius 2 is 1.61 bits per heavy atom. The average molecular weight is 377 g/mol. The van der Waals surface area contributed by atoms with Gasteiger partial charge < -0.3 is 15.6 Å². The van der Waals surface area contributed by atoms with Crippen LogP contribution in [-0.2, 0) is 22.6 Å². The minimum atomic E-state index is -1.14. The summed E-state index contributed by atoms with van der Waals surface area (Å²) < 4.78 is 0. The predicted octanol–water partition coefficient (Wildman–Crippen LogP) is 3.48. The van der Waals surface area contributed by atoms with E-state index >= 15 is 0 Å². The van der Waals surface area contributed by atoms with Crippen molar-refractivity contribution in [2.75, 3.05) is 6.54 Å². The number of rotatable bonds is 7. The molecule has 3 rings (SSSR count). The number of nitrogens with one attached hydrogen (secondary N) is 3. The van der Waals surface area contributed by atoms with E-state index < -0.39 is 5.41 Å². The summed E-state index contributed by atoms with van der Waals surface area (Å²) in [6.07, 6.45) is 2.67. The van der Waals surface area contributed by atoms with E-state index in [-0.39, 0.29) is 11.8 Å². The van der Waals surface area contributed by atoms with E-state index in [1.165, 1.54) is 0 Å². The van der Waals surface area contributed by atoms with Crippen molar-refractivity contribution in [3.05, 3.63) is 71.4 Å². The summed E-state index contributed by atoms with van der Waals surface area (Å²) in [7, 11) is 0. The van der Waals surface area contributed by atoms with Gasteiger partial charge in [0.1, 0.15) is 5.41 Å². The van der Waals surface area contributed by atoms with Crippen molar-refractivity contribution in [1.82, 2.24) is 15.6 Å². The molecule has 0 fully saturated rings. The fourth-order valence-electron chi connectivity index (χ4n) is 3.18. The highest BCUT2D eigenvalue weighted by Crippen LogP contribution is 2.19. The first-order valence-electron chi connectivity index (χ1n) is 9.55. The number of hydrogen-bond acceptors (Lipinski definition) is 2. The number of benzene rings is 2. The van der Waals surface area contributed by atoms with Gasteiger partial charge in [0.05, 0.1) is 0 Å². The summed E-state index contributed by atoms with van der Waals surface area (Å²) in [5.74, 6) is -0.546. The molecule has 0 aliphatic rings. The van der Waals surface area contributed by atoms with E-state index in [2.05, 4.69) is 21.7 Å². The minimum absolute atomic E-state index is 0.269. The topological polar surface area (TPSA) is 74.0 Å². The number of aryl methyl sites for hydroxylation is 1. The molecule has 1 heterocycles. The number of carbonyl (C=O) groups excluding carboxylic acids is 2. The Hall–Kier alpha value is -3.08. The van der Waals surface area contributed by atoms with Crippen LogP contribution in [0, 0.1) is 12.3 Å². The van der Waals surface area contributed by atoms with Crippen LogP contribution >= 0.6 is 0 Å². The molecule has 5 heteroatoms. The minimum Gasteiger partial charge on any atom is -0.361 e. The van der Waals surface area contributed by atoms with Crippen LogP contribution in [0.15, 0.2) is 54.7 Å². The lowest BCUT2D eigenvalue weighted by Gasteiger charge is -2.23. The van der Waals surface area contributed by atoms with Crippen LogP contribution in [0.4, 0.5) is 0 Å². The molecule has 0 bridgehead atoms. The molecule has 0 atom stereocenters. The van der Waals surface area contributed by atoms with Gasteiger partial charge in [-0.1, -0.05) is 42.5 Å². The summed E-state index contributed by atoms with van der Waals surface area (Å²) in [5, 5.41) is 6.95. The predicted molar refractivity (Wildman–Crippen MR) is 112 cm³/mol. The summed E-state index contributed by atoms with van der Waals surface area (Å²) >= 11 is 0. The first-order chi connectivity index (χ1) is 13.4. The summed E-state index contributed by atoms with van der Waals surface area (Å²) in [6.45, 7) is 6.21. The molecule has 28 heavy (non-hydrogen) atoms. The number of aromatic nitrogens is 1. The fourth-order valence-corrected chi connectivity index (χ4v) is 3.18. The molecule has 5 nitrogen and oxygen atoms in total. The van der Waals surface area contributed by atoms with E-state index in [4.69, 9.17) is 0 Å². The number of para-hydroxylation sites is 1. The monoisotopic (exact) mass is 377 g/mol. The second-order valence-electron chi connectivity index (χ2n) is 7.60. The lowest BCUT2D eigenvalue weighted by Crippen LogP contribution is -2.48. The maximum atomic E-state index is 12.6. The zero-order valence-corrected chi connectivity index (χ0v) is 16.6. The highest BCUT2D eigenvalue weighted by atomic mass is 16.2. The van der Waals surface area contributed by atoms with Crippen molar-refractivity contribution < 1.29 is 9.59 Å². The molecule has 0 radical (unpaired) electrons. The maximum absolute atomic E-state index is 12.6. The van der Waals surface area contributed by atoms with Crippen molar-refractivity contribution in [2.24, 2.45) is 5.41 Å². The standard InChI is InChI=1S/C23H27N3O2/c1-16-8-4-5-9-17(16)14-26-22(28)23(2,3)21(27)24-13-12-18-15-25-20-11-7-6-10-19(18)20/h4-11,15,25H,12-14H2,1-3H3,(H,24,27)(H,26,28). The fraction of sp³-hybridized carbons (Fsp3) is 0.304. The second-order valence-corrected chi connectivity index (χ2v) is 7.60. The van der Waals surface area contributed by atoms with Gasteiger partial charge in [0.2, 0.25) is 11.8 Å². The molecule has 0 aliphatic carbocycles. The SMILES string of the molecule is Cc1ccccc1CNC(=O)C(C)(C)C(=O)NCCc1c[nH]c2ccccc12. The van der Waals surface area contributed by atoms with Crippen LogP contribution in [0.2, 0.25) is 0 Å². The van der Waals surface area contributed by atoms with Gasteiger partial charge in [0.15, 0.2) is 0 Å². The second kappa shape index (κ2) is 8.30. The summed E-state index contributed by atoms with van der Waals surface area (Å²) in [6, 6.07) is 16.0. The largest absolute Gasteiger partial charge is 0.361 e. The lowest BCUT2D eigenvalue weighted by atomic mass is 9.90. The molecule has 0 spiro atoms. The number of carbonyl (C=O) groups is 2. The number of hydrogen-bond donors (Lipinski definition) is 3. The number of aromatic amines is 1. The van der Waals surface area contributed by atoms with E-state index in [1.54, 1.807) is 13.8 Å². The third-order valence-corrected chi connectivity index (χ3v) is 5.19. The van der Waals surface area contributed by atoms with Gasteiger partial charge in [-0.2, -0.15) is 0 Å². The van der Waals surface area contributed by atoms with Gasteiger partial charge in [-0.05, 0) is 49.9 Å². The van der Waals surface area contributed by atoms with Gasteiger partial charge in [-0.25, -0.2) is 0 Å². The van der Waals surface area contributed by atoms with Crippen LogP contribution in [0.1, 0.15) is 30.5 Å². The lowest BCUT2D eigenvalue weighted by molar-refractivity contribution is -0.141. The van der Waals surface area contributed by atoms with E-state index in [9.17, 15) is 9.59 Å². The Bertz CT molecular complexity index is 988. The van der Waals surface area contributed by atoms with Gasteiger partial charge in [0.25, 0.3) is 0 Å². The van der Waals surface area contributed by atoms with Crippen LogP contribution < -0.4 is 10.6 Å². The number of H-pyrrole nitrogens is 1. The molecule has 0 saturated heterocycles. The van der Waals surface area contributed by atoms with Crippen LogP contribution in [0.5, 0.6) is 0 Å². The highest BCUT2D eigenvalue weighted by Gasteiger charge is 2.35. The first-order valence-corrected chi connectivity index (χ1v) is 9.55. The average Bonchev–Trinajstić information content (AvgIpc) is 3.10. The smallest absolute Gasteiger partial charge is 0.235 e. The molecule has 2 amide bonds. The van der Waals surface area contributed by atoms with E-state index in [1.807, 2.05) is 55.6 Å². The Kier molecular flexibility index (Phi) is 5.83. The zero-order valence-electron chi connectivity index (χ0n) is 16.6. The van der Waals surface area contributed by atoms with Crippen LogP contribution in [-0.4, -0.2) is 23.3 Å². The molecular formula is C23H27N3O2. The van der Waals surface area contributed by atoms with E-state index in [0.717, 1.165) is 27.6 Å². The van der Waals surface area contributed by atoms with Crippen molar-refractivity contribution in [2.45, 2.75) is 33.7 Å². The van der Waals surface area contributed by atoms with Crippen molar-refractivity contribution in [3.63, 3.8) is 0 Å². The van der Waals surface area contributed by atoms with Gasteiger partial charge >= 0.3 is 0 Å². The molecule has 2 aromatic carbocycles. The van der Waals surface area contributed by atoms with Crippen molar-refractivity contribution in [1.29, 1.82) is 0 Å². The Balaban J connectivity index is 1.53. The first kappa shape index (κ1) is 19.7. The third-order valence-electron chi connectivity index (χ3n) is 5.19. The summed E-state index contributed by atoms with van der Waals surface area (Å²) in [4.78, 5) is 28.4. The zero-order chi connectivity index (χ0) is 20.1. The molecule has 3 aromatic rings. The Morgan fingerprint density at radius 3 is 2.39 bits per heavy atom. The van der Waals surface area contributed by atoms with Gasteiger partial charge in [-0.3, -0.25) is 9.59 Å². The number of amides is 2. The van der Waals surface area contributed by atoms with E-state index in [0.29, 0.717) is 19.5 Å². The Morgan fingerprint density at radius 1 is 0.929 bits per heavy atom. The van der Waals surface area contributed by atoms with Crippen LogP contribution in [0.3, 0.4) is 0 Å². The summed E-state index contributed by atoms with van der Waals surface area (Å²) in [5.41, 5.74) is 3.26. The molecule has 3 N–H and O–H groups in total. The Labute approximate surface area is 165 Å². The number of fused-ring (bicyclic) bond motifs is 1. The molecule has 1 aromatic heterocycles. The molecule has 0 aliphatic heterocycles. The molecule has 146 valence electrons. The van der Waals surface area contributed by atoms with Crippen molar-refractivity contribution in [3.8, 4) is 0 Å². The maximum Gasteiger partial charge on any atom is 0.235 e. The quantitative estimate of drug-likeness (QED) is 0.552.